The van der Waals surface area contributed by atoms with E-state index in [0.29, 0.717) is 29.2 Å². The van der Waals surface area contributed by atoms with Gasteiger partial charge in [0.05, 0.1) is 5.56 Å². The topological polar surface area (TPSA) is 107 Å². The number of carbonyl (C=O) groups excluding carboxylic acids is 1. The van der Waals surface area contributed by atoms with Gasteiger partial charge in [-0.15, -0.1) is 10.2 Å². The van der Waals surface area contributed by atoms with Gasteiger partial charge in [0, 0.05) is 57.6 Å². The van der Waals surface area contributed by atoms with Gasteiger partial charge in [0.1, 0.15) is 11.5 Å². The fraction of sp³-hybridized carbons (Fsp3) is 0.364. The Balaban J connectivity index is 1.35. The van der Waals surface area contributed by atoms with Crippen molar-refractivity contribution in [1.29, 1.82) is 0 Å². The van der Waals surface area contributed by atoms with E-state index in [9.17, 15) is 15.0 Å². The average molecular weight is 569 g/mol. The van der Waals surface area contributed by atoms with Crippen LogP contribution in [-0.2, 0) is 13.1 Å². The zero-order valence-electron chi connectivity index (χ0n) is 24.8. The molecule has 0 atom stereocenters. The monoisotopic (exact) mass is 568 g/mol. The Hall–Kier alpha value is -4.21. The van der Waals surface area contributed by atoms with E-state index >= 15 is 0 Å². The molecule has 4 aromatic rings. The van der Waals surface area contributed by atoms with Crippen molar-refractivity contribution in [3.8, 4) is 28.6 Å². The molecule has 42 heavy (non-hydrogen) atoms. The number of nitrogens with one attached hydrogen (secondary N) is 1. The second kappa shape index (κ2) is 12.8. The SMILES string of the molecule is CCNC(=O)c1nnc(-c2cc(C(C)C)c(O)cc2O)n1-c1ccc(CN2CCN(Cc3cccc(C)c3)CC2)cc1. The summed E-state index contributed by atoms with van der Waals surface area (Å²) in [5.74, 6) is 0.00212. The number of amides is 1. The number of aromatic nitrogens is 3. The third kappa shape index (κ3) is 6.48. The smallest absolute Gasteiger partial charge is 0.289 e. The van der Waals surface area contributed by atoms with Crippen molar-refractivity contribution in [2.24, 2.45) is 0 Å². The highest BCUT2D eigenvalue weighted by Crippen LogP contribution is 2.38. The van der Waals surface area contributed by atoms with E-state index < -0.39 is 0 Å². The lowest BCUT2D eigenvalue weighted by Gasteiger charge is -2.34. The molecule has 3 aromatic carbocycles. The molecular formula is C33H40N6O3. The van der Waals surface area contributed by atoms with Gasteiger partial charge in [0.25, 0.3) is 5.91 Å². The molecule has 9 nitrogen and oxygen atoms in total. The van der Waals surface area contributed by atoms with Crippen molar-refractivity contribution in [2.45, 2.75) is 46.7 Å². The highest BCUT2D eigenvalue weighted by molar-refractivity contribution is 5.92. The van der Waals surface area contributed by atoms with E-state index in [-0.39, 0.29) is 29.1 Å². The first kappa shape index (κ1) is 29.3. The fourth-order valence-corrected chi connectivity index (χ4v) is 5.51. The number of aryl methyl sites for hydroxylation is 1. The molecule has 9 heteroatoms. The number of aromatic hydroxyl groups is 2. The molecule has 1 amide bonds. The highest BCUT2D eigenvalue weighted by atomic mass is 16.3. The van der Waals surface area contributed by atoms with Gasteiger partial charge in [-0.1, -0.05) is 55.8 Å². The molecule has 0 radical (unpaired) electrons. The Kier molecular flexibility index (Phi) is 8.89. The number of hydrogen-bond donors (Lipinski definition) is 3. The Labute approximate surface area is 247 Å². The van der Waals surface area contributed by atoms with Gasteiger partial charge in [-0.05, 0) is 54.7 Å². The van der Waals surface area contributed by atoms with Gasteiger partial charge in [-0.25, -0.2) is 0 Å². The number of rotatable bonds is 9. The Morgan fingerprint density at radius 2 is 1.55 bits per heavy atom. The van der Waals surface area contributed by atoms with Gasteiger partial charge in [-0.2, -0.15) is 0 Å². The summed E-state index contributed by atoms with van der Waals surface area (Å²) in [6.45, 7) is 14.2. The number of nitrogens with zero attached hydrogens (tertiary/aromatic N) is 5. The lowest BCUT2D eigenvalue weighted by atomic mass is 9.98. The third-order valence-corrected chi connectivity index (χ3v) is 7.77. The van der Waals surface area contributed by atoms with Crippen molar-refractivity contribution < 1.29 is 15.0 Å². The van der Waals surface area contributed by atoms with E-state index in [2.05, 4.69) is 68.6 Å². The number of carbonyl (C=O) groups is 1. The number of piperazine rings is 1. The van der Waals surface area contributed by atoms with Crippen LogP contribution in [0.3, 0.4) is 0 Å². The van der Waals surface area contributed by atoms with Crippen molar-refractivity contribution >= 4 is 5.91 Å². The minimum Gasteiger partial charge on any atom is -0.508 e. The summed E-state index contributed by atoms with van der Waals surface area (Å²) in [6, 6.07) is 19.8. The molecule has 1 aliphatic rings. The fourth-order valence-electron chi connectivity index (χ4n) is 5.51. The third-order valence-electron chi connectivity index (χ3n) is 7.77. The lowest BCUT2D eigenvalue weighted by Crippen LogP contribution is -2.45. The predicted molar refractivity (Wildman–Crippen MR) is 164 cm³/mol. The van der Waals surface area contributed by atoms with Crippen LogP contribution < -0.4 is 5.32 Å². The summed E-state index contributed by atoms with van der Waals surface area (Å²) in [7, 11) is 0. The zero-order chi connectivity index (χ0) is 29.8. The van der Waals surface area contributed by atoms with E-state index in [1.807, 2.05) is 32.9 Å². The molecule has 1 saturated heterocycles. The second-order valence-corrected chi connectivity index (χ2v) is 11.3. The Bertz CT molecular complexity index is 1540. The van der Waals surface area contributed by atoms with E-state index in [0.717, 1.165) is 39.3 Å². The van der Waals surface area contributed by atoms with Gasteiger partial charge >= 0.3 is 0 Å². The second-order valence-electron chi connectivity index (χ2n) is 11.3. The minimum absolute atomic E-state index is 0.0154. The van der Waals surface area contributed by atoms with Gasteiger partial charge in [-0.3, -0.25) is 19.2 Å². The van der Waals surface area contributed by atoms with Crippen molar-refractivity contribution in [2.75, 3.05) is 32.7 Å². The molecule has 0 unspecified atom stereocenters. The summed E-state index contributed by atoms with van der Waals surface area (Å²) in [5.41, 5.74) is 5.61. The van der Waals surface area contributed by atoms with E-state index in [4.69, 9.17) is 0 Å². The largest absolute Gasteiger partial charge is 0.508 e. The minimum atomic E-state index is -0.355. The van der Waals surface area contributed by atoms with Crippen LogP contribution in [0.1, 0.15) is 59.6 Å². The summed E-state index contributed by atoms with van der Waals surface area (Å²) in [6.07, 6.45) is 0. The van der Waals surface area contributed by atoms with E-state index in [1.165, 1.54) is 22.8 Å². The molecule has 220 valence electrons. The number of hydrogen-bond acceptors (Lipinski definition) is 7. The molecule has 2 heterocycles. The first-order valence-corrected chi connectivity index (χ1v) is 14.6. The first-order valence-electron chi connectivity index (χ1n) is 14.6. The van der Waals surface area contributed by atoms with Crippen LogP contribution in [0.4, 0.5) is 0 Å². The summed E-state index contributed by atoms with van der Waals surface area (Å²) >= 11 is 0. The summed E-state index contributed by atoms with van der Waals surface area (Å²) < 4.78 is 1.66. The van der Waals surface area contributed by atoms with Gasteiger partial charge < -0.3 is 15.5 Å². The lowest BCUT2D eigenvalue weighted by molar-refractivity contribution is 0.0943. The number of phenolic OH excluding ortho intramolecular Hbond substituents is 2. The van der Waals surface area contributed by atoms with Crippen LogP contribution >= 0.6 is 0 Å². The zero-order valence-corrected chi connectivity index (χ0v) is 24.8. The average Bonchev–Trinajstić information content (AvgIpc) is 3.40. The normalized spacial score (nSPS) is 14.4. The molecule has 0 spiro atoms. The van der Waals surface area contributed by atoms with Crippen LogP contribution in [0.15, 0.2) is 60.7 Å². The maximum atomic E-state index is 12.9. The quantitative estimate of drug-likeness (QED) is 0.265. The molecule has 3 N–H and O–H groups in total. The van der Waals surface area contributed by atoms with Gasteiger partial charge in [0.15, 0.2) is 5.82 Å². The molecule has 0 bridgehead atoms. The molecule has 1 fully saturated rings. The molecule has 1 aromatic heterocycles. The van der Waals surface area contributed by atoms with Crippen molar-refractivity contribution in [1.82, 2.24) is 29.9 Å². The molecule has 0 aliphatic carbocycles. The van der Waals surface area contributed by atoms with E-state index in [1.54, 1.807) is 10.6 Å². The molecule has 1 aliphatic heterocycles. The first-order chi connectivity index (χ1) is 20.2. The van der Waals surface area contributed by atoms with Gasteiger partial charge in [0.2, 0.25) is 5.82 Å². The predicted octanol–water partition coefficient (Wildman–Crippen LogP) is 4.84. The standard InChI is InChI=1S/C33H40N6O3/c1-5-34-33(42)32-36-35-31(28-18-27(22(2)3)29(40)19-30(28)41)39(32)26-11-9-24(10-12-26)20-37-13-15-38(16-14-37)21-25-8-6-7-23(4)17-25/h6-12,17-19,22,40-41H,5,13-16,20-21H2,1-4H3,(H,34,42). The summed E-state index contributed by atoms with van der Waals surface area (Å²) in [5, 5.41) is 32.4. The number of phenols is 2. The molecule has 0 saturated carbocycles. The van der Waals surface area contributed by atoms with Crippen LogP contribution in [0.2, 0.25) is 0 Å². The number of benzene rings is 3. The highest BCUT2D eigenvalue weighted by Gasteiger charge is 2.24. The van der Waals surface area contributed by atoms with Crippen LogP contribution in [0, 0.1) is 6.92 Å². The molecule has 5 rings (SSSR count). The van der Waals surface area contributed by atoms with Crippen molar-refractivity contribution in [3.63, 3.8) is 0 Å². The van der Waals surface area contributed by atoms with Crippen LogP contribution in [0.25, 0.3) is 17.1 Å². The Morgan fingerprint density at radius 1 is 0.881 bits per heavy atom. The molecular weight excluding hydrogens is 528 g/mol. The summed E-state index contributed by atoms with van der Waals surface area (Å²) in [4.78, 5) is 17.9. The van der Waals surface area contributed by atoms with Crippen molar-refractivity contribution in [3.05, 3.63) is 88.7 Å². The van der Waals surface area contributed by atoms with Crippen LogP contribution in [-0.4, -0.2) is 73.4 Å². The maximum absolute atomic E-state index is 12.9. The van der Waals surface area contributed by atoms with Crippen LogP contribution in [0.5, 0.6) is 11.5 Å². The maximum Gasteiger partial charge on any atom is 0.289 e. The Morgan fingerprint density at radius 3 is 2.17 bits per heavy atom.